The molecule has 1 N–H and O–H groups in total. The van der Waals surface area contributed by atoms with Gasteiger partial charge >= 0.3 is 5.97 Å². The van der Waals surface area contributed by atoms with Gasteiger partial charge in [-0.05, 0) is 74.2 Å². The first-order valence-electron chi connectivity index (χ1n) is 11.4. The minimum absolute atomic E-state index is 0.123. The van der Waals surface area contributed by atoms with E-state index in [9.17, 15) is 14.9 Å². The van der Waals surface area contributed by atoms with Crippen LogP contribution in [0.5, 0.6) is 0 Å². The van der Waals surface area contributed by atoms with Crippen LogP contribution in [0.3, 0.4) is 0 Å². The highest BCUT2D eigenvalue weighted by atomic mass is 32.2. The molecule has 1 aromatic carbocycles. The third kappa shape index (κ3) is 5.09. The summed E-state index contributed by atoms with van der Waals surface area (Å²) in [7, 11) is 0. The summed E-state index contributed by atoms with van der Waals surface area (Å²) in [5.41, 5.74) is 2.17. The number of anilines is 1. The molecule has 0 bridgehead atoms. The Hall–Kier alpha value is -3.39. The number of amides is 1. The standard InChI is InChI=1S/C26H21N3O4S3/c1-2-32-25(31)22-17-7-3-5-9-19(17)34-24(22)29-23(30)15(14-27)13-16-11-12-21(33-16)36-26-28-18-8-4-6-10-20(18)35-26/h4,6,8,10-13H,2-3,5,7,9H2,1H3,(H,29,30)/b15-13+. The summed E-state index contributed by atoms with van der Waals surface area (Å²) in [6, 6.07) is 13.3. The number of rotatable bonds is 7. The van der Waals surface area contributed by atoms with Crippen molar-refractivity contribution in [2.75, 3.05) is 11.9 Å². The number of furan rings is 1. The molecular weight excluding hydrogens is 515 g/mol. The predicted molar refractivity (Wildman–Crippen MR) is 142 cm³/mol. The summed E-state index contributed by atoms with van der Waals surface area (Å²) >= 11 is 4.33. The number of fused-ring (bicyclic) bond motifs is 2. The van der Waals surface area contributed by atoms with Crippen LogP contribution in [0.1, 0.15) is 46.3 Å². The van der Waals surface area contributed by atoms with Gasteiger partial charge < -0.3 is 14.5 Å². The van der Waals surface area contributed by atoms with E-state index in [4.69, 9.17) is 9.15 Å². The first-order chi connectivity index (χ1) is 17.6. The quantitative estimate of drug-likeness (QED) is 0.159. The van der Waals surface area contributed by atoms with Crippen molar-refractivity contribution < 1.29 is 18.7 Å². The lowest BCUT2D eigenvalue weighted by Gasteiger charge is -2.12. The topological polar surface area (TPSA) is 105 Å². The monoisotopic (exact) mass is 535 g/mol. The number of nitriles is 1. The van der Waals surface area contributed by atoms with Crippen molar-refractivity contribution in [2.24, 2.45) is 0 Å². The predicted octanol–water partition coefficient (Wildman–Crippen LogP) is 6.70. The molecule has 10 heteroatoms. The van der Waals surface area contributed by atoms with Crippen molar-refractivity contribution in [2.45, 2.75) is 42.0 Å². The van der Waals surface area contributed by atoms with Gasteiger partial charge in [-0.1, -0.05) is 12.1 Å². The molecular formula is C26H21N3O4S3. The van der Waals surface area contributed by atoms with Gasteiger partial charge in [0, 0.05) is 11.0 Å². The molecule has 1 amide bonds. The lowest BCUT2D eigenvalue weighted by molar-refractivity contribution is -0.112. The van der Waals surface area contributed by atoms with E-state index >= 15 is 0 Å². The van der Waals surface area contributed by atoms with Crippen LogP contribution in [0.2, 0.25) is 0 Å². The third-order valence-corrected chi connectivity index (χ3v) is 8.82. The van der Waals surface area contributed by atoms with E-state index in [1.807, 2.05) is 30.3 Å². The van der Waals surface area contributed by atoms with E-state index in [0.29, 0.717) is 21.4 Å². The van der Waals surface area contributed by atoms with Crippen molar-refractivity contribution in [3.05, 3.63) is 63.7 Å². The van der Waals surface area contributed by atoms with Crippen LogP contribution in [-0.2, 0) is 22.4 Å². The molecule has 0 aliphatic heterocycles. The van der Waals surface area contributed by atoms with Crippen molar-refractivity contribution in [1.29, 1.82) is 5.26 Å². The summed E-state index contributed by atoms with van der Waals surface area (Å²) in [5.74, 6) is -0.669. The number of esters is 1. The van der Waals surface area contributed by atoms with Crippen LogP contribution in [0.25, 0.3) is 16.3 Å². The number of aryl methyl sites for hydroxylation is 1. The molecule has 36 heavy (non-hydrogen) atoms. The van der Waals surface area contributed by atoms with Crippen LogP contribution in [0.4, 0.5) is 5.00 Å². The second-order valence-corrected chi connectivity index (χ2v) is 11.4. The molecule has 5 rings (SSSR count). The minimum Gasteiger partial charge on any atom is -0.462 e. The van der Waals surface area contributed by atoms with E-state index in [1.54, 1.807) is 30.4 Å². The Morgan fingerprint density at radius 1 is 1.22 bits per heavy atom. The number of hydrogen-bond acceptors (Lipinski definition) is 9. The van der Waals surface area contributed by atoms with Crippen LogP contribution >= 0.6 is 34.4 Å². The highest BCUT2D eigenvalue weighted by Crippen LogP contribution is 2.39. The average molecular weight is 536 g/mol. The number of hydrogen-bond donors (Lipinski definition) is 1. The normalized spacial score (nSPS) is 13.3. The Labute approximate surface area is 219 Å². The molecule has 3 heterocycles. The molecule has 0 saturated carbocycles. The lowest BCUT2D eigenvalue weighted by Crippen LogP contribution is -2.16. The number of nitrogens with zero attached hydrogens (tertiary/aromatic N) is 2. The van der Waals surface area contributed by atoms with Crippen molar-refractivity contribution in [1.82, 2.24) is 4.98 Å². The molecule has 0 atom stereocenters. The van der Waals surface area contributed by atoms with Gasteiger partial charge in [-0.3, -0.25) is 4.79 Å². The Bertz CT molecular complexity index is 1490. The summed E-state index contributed by atoms with van der Waals surface area (Å²) in [4.78, 5) is 31.3. The minimum atomic E-state index is -0.599. The number of para-hydroxylation sites is 1. The van der Waals surface area contributed by atoms with Gasteiger partial charge in [0.25, 0.3) is 5.91 Å². The summed E-state index contributed by atoms with van der Waals surface area (Å²) in [5, 5.41) is 13.5. The number of benzene rings is 1. The van der Waals surface area contributed by atoms with Gasteiger partial charge in [0.1, 0.15) is 22.4 Å². The molecule has 0 unspecified atom stereocenters. The molecule has 1 aliphatic carbocycles. The molecule has 1 aliphatic rings. The van der Waals surface area contributed by atoms with Gasteiger partial charge in [-0.2, -0.15) is 5.26 Å². The Balaban J connectivity index is 1.34. The number of carbonyl (C=O) groups is 2. The summed E-state index contributed by atoms with van der Waals surface area (Å²) < 4.78 is 13.0. The highest BCUT2D eigenvalue weighted by molar-refractivity contribution is 8.01. The Morgan fingerprint density at radius 3 is 2.86 bits per heavy atom. The van der Waals surface area contributed by atoms with Crippen LogP contribution in [0, 0.1) is 11.3 Å². The maximum Gasteiger partial charge on any atom is 0.341 e. The van der Waals surface area contributed by atoms with Gasteiger partial charge in [-0.15, -0.1) is 22.7 Å². The van der Waals surface area contributed by atoms with Gasteiger partial charge in [0.05, 0.1) is 22.4 Å². The highest BCUT2D eigenvalue weighted by Gasteiger charge is 2.28. The molecule has 0 saturated heterocycles. The van der Waals surface area contributed by atoms with E-state index in [0.717, 1.165) is 50.7 Å². The molecule has 0 fully saturated rings. The second kappa shape index (κ2) is 10.7. The summed E-state index contributed by atoms with van der Waals surface area (Å²) in [6.07, 6.45) is 5.07. The van der Waals surface area contributed by atoms with E-state index < -0.39 is 11.9 Å². The van der Waals surface area contributed by atoms with Crippen molar-refractivity contribution in [3.8, 4) is 6.07 Å². The van der Waals surface area contributed by atoms with E-state index in [1.165, 1.54) is 29.2 Å². The van der Waals surface area contributed by atoms with E-state index in [-0.39, 0.29) is 12.2 Å². The van der Waals surface area contributed by atoms with Crippen molar-refractivity contribution in [3.63, 3.8) is 0 Å². The maximum absolute atomic E-state index is 13.0. The Kier molecular flexibility index (Phi) is 7.23. The lowest BCUT2D eigenvalue weighted by atomic mass is 9.95. The Morgan fingerprint density at radius 2 is 2.06 bits per heavy atom. The number of aromatic nitrogens is 1. The average Bonchev–Trinajstić information content (AvgIpc) is 3.58. The van der Waals surface area contributed by atoms with E-state index in [2.05, 4.69) is 10.3 Å². The first kappa shape index (κ1) is 24.3. The SMILES string of the molecule is CCOC(=O)c1c(NC(=O)/C(C#N)=C/c2ccc(Sc3nc4ccccc4s3)o2)sc2c1CCCC2. The zero-order chi connectivity index (χ0) is 25.1. The maximum atomic E-state index is 13.0. The van der Waals surface area contributed by atoms with Crippen LogP contribution in [0.15, 0.2) is 55.8 Å². The fourth-order valence-electron chi connectivity index (χ4n) is 3.98. The zero-order valence-electron chi connectivity index (χ0n) is 19.3. The zero-order valence-corrected chi connectivity index (χ0v) is 21.8. The van der Waals surface area contributed by atoms with Gasteiger partial charge in [-0.25, -0.2) is 9.78 Å². The fourth-order valence-corrected chi connectivity index (χ4v) is 7.22. The molecule has 7 nitrogen and oxygen atoms in total. The number of carbonyl (C=O) groups excluding carboxylic acids is 2. The van der Waals surface area contributed by atoms with Crippen molar-refractivity contribution >= 4 is 67.6 Å². The molecule has 182 valence electrons. The third-order valence-electron chi connectivity index (χ3n) is 5.59. The molecule has 0 radical (unpaired) electrons. The second-order valence-electron chi connectivity index (χ2n) is 7.97. The molecule has 4 aromatic rings. The van der Waals surface area contributed by atoms with Crippen LogP contribution in [-0.4, -0.2) is 23.5 Å². The number of thiophene rings is 1. The molecule has 0 spiro atoms. The summed E-state index contributed by atoms with van der Waals surface area (Å²) in [6.45, 7) is 1.99. The number of thiazole rings is 1. The molecule has 3 aromatic heterocycles. The largest absolute Gasteiger partial charge is 0.462 e. The number of ether oxygens (including phenoxy) is 1. The fraction of sp³-hybridized carbons (Fsp3) is 0.231. The number of nitrogens with one attached hydrogen (secondary N) is 1. The van der Waals surface area contributed by atoms with Gasteiger partial charge in [0.15, 0.2) is 9.43 Å². The van der Waals surface area contributed by atoms with Gasteiger partial charge in [0.2, 0.25) is 0 Å². The smallest absolute Gasteiger partial charge is 0.341 e. The first-order valence-corrected chi connectivity index (χ1v) is 13.9. The van der Waals surface area contributed by atoms with Crippen LogP contribution < -0.4 is 5.32 Å².